The van der Waals surface area contributed by atoms with Gasteiger partial charge >= 0.3 is 11.9 Å². The van der Waals surface area contributed by atoms with Gasteiger partial charge in [0.05, 0.1) is 7.11 Å². The van der Waals surface area contributed by atoms with Gasteiger partial charge in [0.1, 0.15) is 22.6 Å². The molecular formula is C15H14O8. The topological polar surface area (TPSA) is 145 Å². The van der Waals surface area contributed by atoms with Crippen molar-refractivity contribution in [2.45, 2.75) is 0 Å². The minimum absolute atomic E-state index is 0.0373. The molecule has 8 nitrogen and oxygen atoms in total. The number of benzene rings is 2. The van der Waals surface area contributed by atoms with Crippen LogP contribution in [0.25, 0.3) is 0 Å². The predicted octanol–water partition coefficient (Wildman–Crippen LogP) is 1.68. The Labute approximate surface area is 130 Å². The summed E-state index contributed by atoms with van der Waals surface area (Å²) in [7, 11) is 1.22. The Hall–Kier alpha value is -3.42. The van der Waals surface area contributed by atoms with Gasteiger partial charge in [0, 0.05) is 6.07 Å². The number of carbonyl (C=O) groups is 2. The maximum absolute atomic E-state index is 10.9. The number of aromatic hydroxyl groups is 4. The van der Waals surface area contributed by atoms with Gasteiger partial charge in [-0.15, -0.1) is 0 Å². The number of carboxylic acid groups (broad SMARTS) is 1. The molecule has 23 heavy (non-hydrogen) atoms. The first-order chi connectivity index (χ1) is 10.8. The van der Waals surface area contributed by atoms with Crippen LogP contribution in [-0.2, 0) is 4.74 Å². The monoisotopic (exact) mass is 322 g/mol. The number of carbonyl (C=O) groups excluding carboxylic acids is 1. The van der Waals surface area contributed by atoms with E-state index in [0.29, 0.717) is 0 Å². The highest BCUT2D eigenvalue weighted by atomic mass is 16.5. The average molecular weight is 322 g/mol. The molecule has 0 unspecified atom stereocenters. The lowest BCUT2D eigenvalue weighted by Gasteiger charge is -2.01. The lowest BCUT2D eigenvalue weighted by Crippen LogP contribution is -2.00. The summed E-state index contributed by atoms with van der Waals surface area (Å²) in [5.41, 5.74) is -0.264. The number of phenolic OH excluding ortho intramolecular Hbond substituents is 3. The minimum atomic E-state index is -1.27. The second-order valence-corrected chi connectivity index (χ2v) is 4.17. The van der Waals surface area contributed by atoms with E-state index >= 15 is 0 Å². The van der Waals surface area contributed by atoms with Gasteiger partial charge in [-0.3, -0.25) is 0 Å². The minimum Gasteiger partial charge on any atom is -0.508 e. The van der Waals surface area contributed by atoms with Crippen molar-refractivity contribution in [1.29, 1.82) is 0 Å². The van der Waals surface area contributed by atoms with E-state index in [-0.39, 0.29) is 22.6 Å². The van der Waals surface area contributed by atoms with Crippen LogP contribution in [0.5, 0.6) is 23.0 Å². The number of carboxylic acids is 1. The third-order valence-electron chi connectivity index (χ3n) is 2.63. The average Bonchev–Trinajstić information content (AvgIpc) is 2.49. The maximum Gasteiger partial charge on any atom is 0.341 e. The Morgan fingerprint density at radius 1 is 0.913 bits per heavy atom. The second-order valence-electron chi connectivity index (χ2n) is 4.17. The van der Waals surface area contributed by atoms with Crippen LogP contribution < -0.4 is 0 Å². The molecule has 122 valence electrons. The summed E-state index contributed by atoms with van der Waals surface area (Å²) in [6.07, 6.45) is 0. The third-order valence-corrected chi connectivity index (χ3v) is 2.63. The normalized spacial score (nSPS) is 9.43. The molecule has 8 heteroatoms. The van der Waals surface area contributed by atoms with Gasteiger partial charge in [-0.2, -0.15) is 0 Å². The first-order valence-electron chi connectivity index (χ1n) is 6.12. The van der Waals surface area contributed by atoms with Crippen molar-refractivity contribution in [2.75, 3.05) is 7.11 Å². The molecule has 0 aliphatic rings. The van der Waals surface area contributed by atoms with Crippen molar-refractivity contribution in [3.05, 3.63) is 47.5 Å². The zero-order valence-corrected chi connectivity index (χ0v) is 11.9. The number of esters is 1. The molecule has 0 aliphatic carbocycles. The first-order valence-corrected chi connectivity index (χ1v) is 6.12. The van der Waals surface area contributed by atoms with Gasteiger partial charge in [0.15, 0.2) is 11.5 Å². The zero-order chi connectivity index (χ0) is 17.6. The zero-order valence-electron chi connectivity index (χ0n) is 11.9. The van der Waals surface area contributed by atoms with Crippen LogP contribution in [-0.4, -0.2) is 44.6 Å². The molecule has 0 saturated heterocycles. The largest absolute Gasteiger partial charge is 0.508 e. The summed E-state index contributed by atoms with van der Waals surface area (Å²) in [5.74, 6) is -3.31. The van der Waals surface area contributed by atoms with Crippen LogP contribution in [0, 0.1) is 0 Å². The summed E-state index contributed by atoms with van der Waals surface area (Å²) in [4.78, 5) is 21.2. The van der Waals surface area contributed by atoms with Crippen molar-refractivity contribution < 1.29 is 39.9 Å². The molecule has 0 fully saturated rings. The molecule has 0 amide bonds. The van der Waals surface area contributed by atoms with Gasteiger partial charge < -0.3 is 30.3 Å². The molecule has 2 aromatic rings. The summed E-state index contributed by atoms with van der Waals surface area (Å²) >= 11 is 0. The Kier molecular flexibility index (Phi) is 5.79. The number of aromatic carboxylic acids is 1. The number of hydrogen-bond donors (Lipinski definition) is 5. The summed E-state index contributed by atoms with van der Waals surface area (Å²) in [6, 6.07) is 7.42. The van der Waals surface area contributed by atoms with Crippen molar-refractivity contribution in [3.63, 3.8) is 0 Å². The van der Waals surface area contributed by atoms with Crippen LogP contribution >= 0.6 is 0 Å². The van der Waals surface area contributed by atoms with E-state index in [1.54, 1.807) is 0 Å². The molecule has 0 atom stereocenters. The highest BCUT2D eigenvalue weighted by Gasteiger charge is 2.11. The van der Waals surface area contributed by atoms with Crippen LogP contribution in [0.4, 0.5) is 0 Å². The predicted molar refractivity (Wildman–Crippen MR) is 77.8 cm³/mol. The van der Waals surface area contributed by atoms with Crippen LogP contribution in [0.1, 0.15) is 20.7 Å². The van der Waals surface area contributed by atoms with E-state index in [1.165, 1.54) is 37.4 Å². The van der Waals surface area contributed by atoms with E-state index in [4.69, 9.17) is 25.5 Å². The highest BCUT2D eigenvalue weighted by molar-refractivity contribution is 5.92. The lowest BCUT2D eigenvalue weighted by molar-refractivity contribution is 0.0596. The van der Waals surface area contributed by atoms with Crippen molar-refractivity contribution >= 4 is 11.9 Å². The fraction of sp³-hybridized carbons (Fsp3) is 0.0667. The highest BCUT2D eigenvalue weighted by Crippen LogP contribution is 2.27. The molecule has 0 saturated carbocycles. The molecule has 0 heterocycles. The Balaban J connectivity index is 0.000000231. The van der Waals surface area contributed by atoms with E-state index in [0.717, 1.165) is 6.07 Å². The van der Waals surface area contributed by atoms with Crippen molar-refractivity contribution in [1.82, 2.24) is 0 Å². The molecule has 0 bridgehead atoms. The number of phenols is 4. The SMILES string of the molecule is COC(=O)c1ccc(O)cc1O.O=C(O)c1cccc(O)c1O. The summed E-state index contributed by atoms with van der Waals surface area (Å²) < 4.78 is 4.38. The quantitative estimate of drug-likeness (QED) is 0.415. The number of methoxy groups -OCH3 is 1. The number of hydrogen-bond acceptors (Lipinski definition) is 7. The Morgan fingerprint density at radius 3 is 2.04 bits per heavy atom. The lowest BCUT2D eigenvalue weighted by atomic mass is 10.2. The van der Waals surface area contributed by atoms with Gasteiger partial charge in [-0.25, -0.2) is 9.59 Å². The second kappa shape index (κ2) is 7.55. The number of para-hydroxylation sites is 1. The van der Waals surface area contributed by atoms with Crippen molar-refractivity contribution in [3.8, 4) is 23.0 Å². The van der Waals surface area contributed by atoms with E-state index < -0.39 is 23.4 Å². The molecule has 0 spiro atoms. The maximum atomic E-state index is 10.9. The Bertz CT molecular complexity index is 723. The summed E-state index contributed by atoms with van der Waals surface area (Å²) in [6.45, 7) is 0. The fourth-order valence-electron chi connectivity index (χ4n) is 1.51. The molecule has 0 radical (unpaired) electrons. The molecule has 2 rings (SSSR count). The van der Waals surface area contributed by atoms with E-state index in [9.17, 15) is 9.59 Å². The summed E-state index contributed by atoms with van der Waals surface area (Å²) in [5, 5.41) is 44.2. The van der Waals surface area contributed by atoms with Gasteiger partial charge in [0.25, 0.3) is 0 Å². The molecule has 0 aromatic heterocycles. The number of rotatable bonds is 2. The first kappa shape index (κ1) is 17.6. The molecular weight excluding hydrogens is 308 g/mol. The molecule has 0 aliphatic heterocycles. The van der Waals surface area contributed by atoms with Crippen molar-refractivity contribution in [2.24, 2.45) is 0 Å². The Morgan fingerprint density at radius 2 is 1.57 bits per heavy atom. The van der Waals surface area contributed by atoms with Gasteiger partial charge in [-0.05, 0) is 24.3 Å². The molecule has 2 aromatic carbocycles. The smallest absolute Gasteiger partial charge is 0.341 e. The van der Waals surface area contributed by atoms with Gasteiger partial charge in [-0.1, -0.05) is 6.07 Å². The van der Waals surface area contributed by atoms with Crippen LogP contribution in [0.15, 0.2) is 36.4 Å². The van der Waals surface area contributed by atoms with E-state index in [1.807, 2.05) is 0 Å². The van der Waals surface area contributed by atoms with Crippen LogP contribution in [0.3, 0.4) is 0 Å². The van der Waals surface area contributed by atoms with Gasteiger partial charge in [0.2, 0.25) is 0 Å². The standard InChI is InChI=1S/C8H8O4.C7H6O4/c1-12-8(11)6-3-2-5(9)4-7(6)10;8-5-3-1-2-4(6(5)9)7(10)11/h2-4,9-10H,1H3;1-3,8-9H,(H,10,11). The number of ether oxygens (including phenoxy) is 1. The van der Waals surface area contributed by atoms with E-state index in [2.05, 4.69) is 4.74 Å². The molecule has 5 N–H and O–H groups in total. The van der Waals surface area contributed by atoms with Crippen LogP contribution in [0.2, 0.25) is 0 Å². The third kappa shape index (κ3) is 4.53. The fourth-order valence-corrected chi connectivity index (χ4v) is 1.51.